The van der Waals surface area contributed by atoms with E-state index >= 15 is 0 Å². The topological polar surface area (TPSA) is 88.9 Å². The largest absolute Gasteiger partial charge is 0.345 e. The van der Waals surface area contributed by atoms with Crippen LogP contribution in [-0.4, -0.2) is 32.3 Å². The Labute approximate surface area is 214 Å². The zero-order chi connectivity index (χ0) is 24.0. The predicted molar refractivity (Wildman–Crippen MR) is 134 cm³/mol. The summed E-state index contributed by atoms with van der Waals surface area (Å²) in [5, 5.41) is 15.7. The minimum Gasteiger partial charge on any atom is -0.345 e. The molecule has 0 fully saturated rings. The molecule has 33 heavy (non-hydrogen) atoms. The normalized spacial score (nSPS) is 10.7. The lowest BCUT2D eigenvalue weighted by Gasteiger charge is -2.10. The quantitative estimate of drug-likeness (QED) is 0.265. The van der Waals surface area contributed by atoms with Crippen LogP contribution in [0.2, 0.25) is 20.1 Å². The van der Waals surface area contributed by atoms with E-state index in [1.54, 1.807) is 41.0 Å². The van der Waals surface area contributed by atoms with Crippen LogP contribution < -0.4 is 10.6 Å². The predicted octanol–water partition coefficient (Wildman–Crippen LogP) is 5.74. The summed E-state index contributed by atoms with van der Waals surface area (Å²) in [6.45, 7) is 4.26. The van der Waals surface area contributed by atoms with Crippen LogP contribution in [0.25, 0.3) is 0 Å². The highest BCUT2D eigenvalue weighted by Gasteiger charge is 2.16. The van der Waals surface area contributed by atoms with Crippen molar-refractivity contribution in [2.45, 2.75) is 18.2 Å². The molecule has 2 N–H and O–H groups in total. The lowest BCUT2D eigenvalue weighted by molar-refractivity contribution is -0.113. The van der Waals surface area contributed by atoms with Crippen molar-refractivity contribution in [2.75, 3.05) is 11.1 Å². The second-order valence-corrected chi connectivity index (χ2v) is 9.17. The molecule has 12 heteroatoms. The average Bonchev–Trinajstić information content (AvgIpc) is 3.16. The van der Waals surface area contributed by atoms with Crippen LogP contribution in [0.15, 0.2) is 54.2 Å². The summed E-state index contributed by atoms with van der Waals surface area (Å²) in [6.07, 6.45) is 1.67. The highest BCUT2D eigenvalue weighted by Crippen LogP contribution is 2.26. The molecule has 7 nitrogen and oxygen atoms in total. The van der Waals surface area contributed by atoms with E-state index in [0.29, 0.717) is 43.8 Å². The number of hydrogen-bond acceptors (Lipinski definition) is 5. The smallest absolute Gasteiger partial charge is 0.251 e. The molecule has 3 aromatic rings. The number of thioether (sulfide) groups is 1. The van der Waals surface area contributed by atoms with Crippen LogP contribution in [0.5, 0.6) is 0 Å². The molecule has 1 heterocycles. The first kappa shape index (κ1) is 25.4. The summed E-state index contributed by atoms with van der Waals surface area (Å²) in [6, 6.07) is 9.42. The number of carbonyl (C=O) groups excluding carboxylic acids is 2. The fourth-order valence-electron chi connectivity index (χ4n) is 2.67. The number of aromatic nitrogens is 3. The van der Waals surface area contributed by atoms with Gasteiger partial charge in [-0.25, -0.2) is 0 Å². The molecule has 0 saturated heterocycles. The number of benzene rings is 2. The second kappa shape index (κ2) is 11.8. The number of anilines is 1. The zero-order valence-corrected chi connectivity index (χ0v) is 20.8. The number of nitrogens with one attached hydrogen (secondary N) is 2. The Morgan fingerprint density at radius 1 is 1.03 bits per heavy atom. The molecule has 2 aromatic carbocycles. The van der Waals surface area contributed by atoms with Gasteiger partial charge in [-0.1, -0.05) is 64.2 Å². The minimum absolute atomic E-state index is 0.0733. The summed E-state index contributed by atoms with van der Waals surface area (Å²) >= 11 is 25.0. The van der Waals surface area contributed by atoms with Crippen LogP contribution in [0.3, 0.4) is 0 Å². The van der Waals surface area contributed by atoms with Crippen molar-refractivity contribution >= 4 is 75.7 Å². The van der Waals surface area contributed by atoms with Gasteiger partial charge in [0.1, 0.15) is 0 Å². The summed E-state index contributed by atoms with van der Waals surface area (Å²) < 4.78 is 1.76. The van der Waals surface area contributed by atoms with E-state index in [4.69, 9.17) is 46.4 Å². The molecule has 0 aliphatic rings. The third kappa shape index (κ3) is 6.88. The van der Waals surface area contributed by atoms with Crippen molar-refractivity contribution in [1.29, 1.82) is 0 Å². The number of amides is 2. The van der Waals surface area contributed by atoms with Gasteiger partial charge in [0.15, 0.2) is 11.0 Å². The van der Waals surface area contributed by atoms with Gasteiger partial charge in [0, 0.05) is 17.1 Å². The molecule has 1 aromatic heterocycles. The molecule has 0 spiro atoms. The SMILES string of the molecule is C=CCn1c(CNC(=O)c2ccc(Cl)c(Cl)c2)nnc1SCC(=O)Nc1ccc(Cl)cc1Cl. The minimum atomic E-state index is -0.338. The Balaban J connectivity index is 1.62. The molecule has 3 rings (SSSR count). The Morgan fingerprint density at radius 3 is 2.52 bits per heavy atom. The van der Waals surface area contributed by atoms with Gasteiger partial charge < -0.3 is 15.2 Å². The molecule has 0 aliphatic heterocycles. The second-order valence-electron chi connectivity index (χ2n) is 6.57. The summed E-state index contributed by atoms with van der Waals surface area (Å²) in [7, 11) is 0. The summed E-state index contributed by atoms with van der Waals surface area (Å²) in [5.74, 6) is -0.0295. The number of nitrogens with zero attached hydrogens (tertiary/aromatic N) is 3. The van der Waals surface area contributed by atoms with Gasteiger partial charge in [-0.05, 0) is 36.4 Å². The zero-order valence-electron chi connectivity index (χ0n) is 16.9. The fourth-order valence-corrected chi connectivity index (χ4v) is 4.20. The van der Waals surface area contributed by atoms with Crippen molar-refractivity contribution in [2.24, 2.45) is 0 Å². The summed E-state index contributed by atoms with van der Waals surface area (Å²) in [4.78, 5) is 24.8. The Hall–Kier alpha value is -2.23. The van der Waals surface area contributed by atoms with Crippen LogP contribution in [0.1, 0.15) is 16.2 Å². The first-order valence-electron chi connectivity index (χ1n) is 9.42. The van der Waals surface area contributed by atoms with Gasteiger partial charge in [0.05, 0.1) is 33.1 Å². The maximum atomic E-state index is 12.4. The number of carbonyl (C=O) groups is 2. The van der Waals surface area contributed by atoms with Gasteiger partial charge in [0.2, 0.25) is 5.91 Å². The third-order valence-electron chi connectivity index (χ3n) is 4.23. The molecule has 0 radical (unpaired) electrons. The molecule has 0 unspecified atom stereocenters. The molecular weight excluding hydrogens is 528 g/mol. The van der Waals surface area contributed by atoms with Gasteiger partial charge in [-0.15, -0.1) is 16.8 Å². The maximum absolute atomic E-state index is 12.4. The lowest BCUT2D eigenvalue weighted by atomic mass is 10.2. The van der Waals surface area contributed by atoms with E-state index < -0.39 is 0 Å². The Kier molecular flexibility index (Phi) is 9.05. The van der Waals surface area contributed by atoms with E-state index in [1.807, 2.05) is 0 Å². The Bertz CT molecular complexity index is 1200. The van der Waals surface area contributed by atoms with E-state index in [0.717, 1.165) is 0 Å². The number of rotatable bonds is 9. The van der Waals surface area contributed by atoms with Crippen molar-refractivity contribution in [3.63, 3.8) is 0 Å². The molecule has 172 valence electrons. The monoisotopic (exact) mass is 543 g/mol. The molecule has 0 bridgehead atoms. The number of halogens is 4. The highest BCUT2D eigenvalue weighted by molar-refractivity contribution is 7.99. The van der Waals surface area contributed by atoms with Gasteiger partial charge in [-0.3, -0.25) is 9.59 Å². The van der Waals surface area contributed by atoms with E-state index in [2.05, 4.69) is 27.4 Å². The van der Waals surface area contributed by atoms with E-state index in [1.165, 1.54) is 17.8 Å². The standard InChI is InChI=1S/C21H17Cl4N5O2S/c1-2-7-30-18(10-26-20(32)12-3-5-14(23)15(24)8-12)28-29-21(30)33-11-19(31)27-17-6-4-13(22)9-16(17)25/h2-6,8-9H,1,7,10-11H2,(H,26,32)(H,27,31). The Morgan fingerprint density at radius 2 is 1.82 bits per heavy atom. The number of allylic oxidation sites excluding steroid dienone is 1. The lowest BCUT2D eigenvalue weighted by Crippen LogP contribution is -2.25. The van der Waals surface area contributed by atoms with Crippen molar-refractivity contribution in [3.05, 3.63) is 80.5 Å². The van der Waals surface area contributed by atoms with Gasteiger partial charge >= 0.3 is 0 Å². The average molecular weight is 545 g/mol. The van der Waals surface area contributed by atoms with Crippen LogP contribution in [0.4, 0.5) is 5.69 Å². The van der Waals surface area contributed by atoms with Crippen LogP contribution in [-0.2, 0) is 17.9 Å². The molecule has 0 aliphatic carbocycles. The van der Waals surface area contributed by atoms with Crippen molar-refractivity contribution in [3.8, 4) is 0 Å². The molecular formula is C21H17Cl4N5O2S. The molecule has 0 saturated carbocycles. The van der Waals surface area contributed by atoms with Gasteiger partial charge in [0.25, 0.3) is 5.91 Å². The molecule has 0 atom stereocenters. The van der Waals surface area contributed by atoms with Crippen LogP contribution in [0, 0.1) is 0 Å². The first-order valence-corrected chi connectivity index (χ1v) is 11.9. The first-order chi connectivity index (χ1) is 15.8. The molecule has 2 amide bonds. The fraction of sp³-hybridized carbons (Fsp3) is 0.143. The van der Waals surface area contributed by atoms with Crippen molar-refractivity contribution < 1.29 is 9.59 Å². The maximum Gasteiger partial charge on any atom is 0.251 e. The third-order valence-corrected chi connectivity index (χ3v) is 6.49. The van der Waals surface area contributed by atoms with E-state index in [9.17, 15) is 9.59 Å². The van der Waals surface area contributed by atoms with E-state index in [-0.39, 0.29) is 29.1 Å². The van der Waals surface area contributed by atoms with Crippen molar-refractivity contribution in [1.82, 2.24) is 20.1 Å². The number of hydrogen-bond donors (Lipinski definition) is 2. The van der Waals surface area contributed by atoms with Gasteiger partial charge in [-0.2, -0.15) is 0 Å². The van der Waals surface area contributed by atoms with Crippen LogP contribution >= 0.6 is 58.2 Å². The highest BCUT2D eigenvalue weighted by atomic mass is 35.5. The summed E-state index contributed by atoms with van der Waals surface area (Å²) in [5.41, 5.74) is 0.830.